The average molecular weight is 399 g/mol. The number of hydrogen-bond donors (Lipinski definition) is 1. The Bertz CT molecular complexity index is 836. The summed E-state index contributed by atoms with van der Waals surface area (Å²) < 4.78 is 38.7. The first kappa shape index (κ1) is 19.4. The van der Waals surface area contributed by atoms with Gasteiger partial charge in [-0.15, -0.1) is 0 Å². The molecule has 0 atom stereocenters. The molecule has 1 fully saturated rings. The van der Waals surface area contributed by atoms with Crippen LogP contribution in [0.2, 0.25) is 5.02 Å². The van der Waals surface area contributed by atoms with E-state index in [9.17, 15) is 18.0 Å². The third-order valence-corrected chi connectivity index (χ3v) is 4.68. The Kier molecular flexibility index (Phi) is 5.57. The predicted octanol–water partition coefficient (Wildman–Crippen LogP) is 3.89. The van der Waals surface area contributed by atoms with Crippen molar-refractivity contribution in [2.24, 2.45) is 0 Å². The Balaban J connectivity index is 1.79. The summed E-state index contributed by atoms with van der Waals surface area (Å²) in [5, 5.41) is 2.95. The van der Waals surface area contributed by atoms with Gasteiger partial charge in [-0.1, -0.05) is 11.6 Å². The normalized spacial score (nSPS) is 15.7. The maximum absolute atomic E-state index is 12.9. The molecule has 2 aromatic rings. The number of likely N-dealkylation sites (N-methyl/N-ethyl adjacent to an activating group) is 1. The first-order valence-corrected chi connectivity index (χ1v) is 8.68. The molecule has 1 aromatic heterocycles. The zero-order chi connectivity index (χ0) is 19.6. The first-order valence-electron chi connectivity index (χ1n) is 8.30. The van der Waals surface area contributed by atoms with Gasteiger partial charge in [0, 0.05) is 32.4 Å². The van der Waals surface area contributed by atoms with Gasteiger partial charge in [-0.2, -0.15) is 13.2 Å². The molecule has 0 bridgehead atoms. The smallest absolute Gasteiger partial charge is 0.353 e. The quantitative estimate of drug-likeness (QED) is 0.852. The Morgan fingerprint density at radius 1 is 1.15 bits per heavy atom. The van der Waals surface area contributed by atoms with Gasteiger partial charge in [-0.3, -0.25) is 9.78 Å². The van der Waals surface area contributed by atoms with Crippen LogP contribution in [-0.2, 0) is 6.18 Å². The van der Waals surface area contributed by atoms with E-state index in [0.29, 0.717) is 24.3 Å². The van der Waals surface area contributed by atoms with Gasteiger partial charge in [0.05, 0.1) is 33.7 Å². The summed E-state index contributed by atoms with van der Waals surface area (Å²) >= 11 is 6.00. The molecule has 0 saturated carbocycles. The molecule has 1 aliphatic rings. The maximum Gasteiger partial charge on any atom is 0.416 e. The van der Waals surface area contributed by atoms with Crippen LogP contribution in [0.3, 0.4) is 0 Å². The zero-order valence-electron chi connectivity index (χ0n) is 14.6. The van der Waals surface area contributed by atoms with E-state index in [4.69, 9.17) is 11.6 Å². The van der Waals surface area contributed by atoms with Crippen LogP contribution in [0, 0.1) is 0 Å². The molecule has 9 heteroatoms. The number of benzene rings is 1. The molecule has 1 saturated heterocycles. The summed E-state index contributed by atoms with van der Waals surface area (Å²) in [6, 6.07) is 4.58. The maximum atomic E-state index is 12.9. The molecular formula is C18H18ClF3N4O. The van der Waals surface area contributed by atoms with Gasteiger partial charge in [-0.05, 0) is 31.3 Å². The number of hydrogen-bond acceptors (Lipinski definition) is 4. The number of amides is 1. The third-order valence-electron chi connectivity index (χ3n) is 4.35. The molecule has 2 heterocycles. The van der Waals surface area contributed by atoms with Crippen molar-refractivity contribution < 1.29 is 18.0 Å². The lowest BCUT2D eigenvalue weighted by atomic mass is 10.1. The lowest BCUT2D eigenvalue weighted by molar-refractivity contribution is -0.137. The van der Waals surface area contributed by atoms with Crippen LogP contribution in [0.25, 0.3) is 0 Å². The van der Waals surface area contributed by atoms with E-state index in [1.807, 2.05) is 7.05 Å². The summed E-state index contributed by atoms with van der Waals surface area (Å²) in [4.78, 5) is 20.5. The number of alkyl halides is 3. The molecule has 1 aromatic carbocycles. The van der Waals surface area contributed by atoms with Crippen LogP contribution in [-0.4, -0.2) is 53.9 Å². The van der Waals surface area contributed by atoms with Crippen molar-refractivity contribution in [2.75, 3.05) is 38.5 Å². The summed E-state index contributed by atoms with van der Waals surface area (Å²) in [6.07, 6.45) is -1.60. The van der Waals surface area contributed by atoms with Gasteiger partial charge in [0.2, 0.25) is 0 Å². The second kappa shape index (κ2) is 7.74. The highest BCUT2D eigenvalue weighted by Crippen LogP contribution is 2.35. The number of nitrogens with one attached hydrogen (secondary N) is 1. The number of anilines is 2. The number of nitrogens with zero attached hydrogens (tertiary/aromatic N) is 3. The van der Waals surface area contributed by atoms with E-state index in [-0.39, 0.29) is 16.6 Å². The van der Waals surface area contributed by atoms with Gasteiger partial charge in [0.25, 0.3) is 5.91 Å². The van der Waals surface area contributed by atoms with Crippen molar-refractivity contribution in [1.29, 1.82) is 0 Å². The van der Waals surface area contributed by atoms with Gasteiger partial charge >= 0.3 is 6.18 Å². The van der Waals surface area contributed by atoms with Gasteiger partial charge in [0.15, 0.2) is 0 Å². The first-order chi connectivity index (χ1) is 12.7. The van der Waals surface area contributed by atoms with Gasteiger partial charge < -0.3 is 15.1 Å². The highest BCUT2D eigenvalue weighted by atomic mass is 35.5. The number of pyridine rings is 1. The van der Waals surface area contributed by atoms with Crippen LogP contribution < -0.4 is 5.32 Å². The fourth-order valence-corrected chi connectivity index (χ4v) is 2.94. The molecule has 0 unspecified atom stereocenters. The molecule has 5 nitrogen and oxygen atoms in total. The Labute approximate surface area is 159 Å². The van der Waals surface area contributed by atoms with E-state index >= 15 is 0 Å². The minimum Gasteiger partial charge on any atom is -0.353 e. The molecule has 1 aliphatic heterocycles. The van der Waals surface area contributed by atoms with Crippen LogP contribution in [0.15, 0.2) is 36.7 Å². The monoisotopic (exact) mass is 398 g/mol. The summed E-state index contributed by atoms with van der Waals surface area (Å²) in [6.45, 7) is 2.81. The van der Waals surface area contributed by atoms with Crippen LogP contribution in [0.4, 0.5) is 24.5 Å². The van der Waals surface area contributed by atoms with Crippen LogP contribution >= 0.6 is 11.6 Å². The van der Waals surface area contributed by atoms with Gasteiger partial charge in [-0.25, -0.2) is 0 Å². The Morgan fingerprint density at radius 2 is 1.85 bits per heavy atom. The average Bonchev–Trinajstić information content (AvgIpc) is 2.63. The van der Waals surface area contributed by atoms with E-state index in [1.54, 1.807) is 11.0 Å². The van der Waals surface area contributed by atoms with E-state index < -0.39 is 11.7 Å². The van der Waals surface area contributed by atoms with Crippen LogP contribution in [0.5, 0.6) is 0 Å². The highest BCUT2D eigenvalue weighted by molar-refractivity contribution is 6.33. The molecule has 3 rings (SSSR count). The standard InChI is InChI=1S/C18H18ClF3N4O/c1-25-4-6-26(7-5-25)17(27)12-8-14(11-23-10-12)24-16-9-13(18(20,21)22)2-3-15(16)19/h2-3,8-11,24H,4-7H2,1H3. The summed E-state index contributed by atoms with van der Waals surface area (Å²) in [7, 11) is 1.99. The molecule has 144 valence electrons. The van der Waals surface area contributed by atoms with Crippen molar-refractivity contribution in [3.05, 3.63) is 52.8 Å². The molecule has 0 aliphatic carbocycles. The predicted molar refractivity (Wildman–Crippen MR) is 97.4 cm³/mol. The van der Waals surface area contributed by atoms with Crippen molar-refractivity contribution in [2.45, 2.75) is 6.18 Å². The fraction of sp³-hybridized carbons (Fsp3) is 0.333. The largest absolute Gasteiger partial charge is 0.416 e. The summed E-state index contributed by atoms with van der Waals surface area (Å²) in [5.74, 6) is -0.158. The molecule has 1 N–H and O–H groups in total. The van der Waals surface area contributed by atoms with E-state index in [2.05, 4.69) is 15.2 Å². The number of halogens is 4. The van der Waals surface area contributed by atoms with Crippen molar-refractivity contribution in [3.8, 4) is 0 Å². The third kappa shape index (κ3) is 4.70. The number of carbonyl (C=O) groups is 1. The Morgan fingerprint density at radius 3 is 2.52 bits per heavy atom. The Hall–Kier alpha value is -2.32. The number of aromatic nitrogens is 1. The van der Waals surface area contributed by atoms with Crippen molar-refractivity contribution in [1.82, 2.24) is 14.8 Å². The minimum absolute atomic E-state index is 0.0949. The van der Waals surface area contributed by atoms with E-state index in [1.165, 1.54) is 18.5 Å². The lowest BCUT2D eigenvalue weighted by Crippen LogP contribution is -2.47. The van der Waals surface area contributed by atoms with Gasteiger partial charge in [0.1, 0.15) is 0 Å². The van der Waals surface area contributed by atoms with Crippen molar-refractivity contribution >= 4 is 28.9 Å². The number of rotatable bonds is 3. The molecule has 0 radical (unpaired) electrons. The minimum atomic E-state index is -4.47. The molecule has 27 heavy (non-hydrogen) atoms. The molecule has 1 amide bonds. The number of carbonyl (C=O) groups excluding carboxylic acids is 1. The van der Waals surface area contributed by atoms with Crippen LogP contribution in [0.1, 0.15) is 15.9 Å². The fourth-order valence-electron chi connectivity index (χ4n) is 2.77. The van der Waals surface area contributed by atoms with E-state index in [0.717, 1.165) is 25.2 Å². The van der Waals surface area contributed by atoms with Crippen molar-refractivity contribution in [3.63, 3.8) is 0 Å². The topological polar surface area (TPSA) is 48.5 Å². The zero-order valence-corrected chi connectivity index (χ0v) is 15.3. The second-order valence-electron chi connectivity index (χ2n) is 6.38. The molecular weight excluding hydrogens is 381 g/mol. The summed E-state index contributed by atoms with van der Waals surface area (Å²) in [5.41, 5.74) is 0.0355. The SMILES string of the molecule is CN1CCN(C(=O)c2cncc(Nc3cc(C(F)(F)F)ccc3Cl)c2)CC1. The molecule has 0 spiro atoms. The second-order valence-corrected chi connectivity index (χ2v) is 6.78. The number of piperazine rings is 1. The lowest BCUT2D eigenvalue weighted by Gasteiger charge is -2.32. The highest BCUT2D eigenvalue weighted by Gasteiger charge is 2.31.